The van der Waals surface area contributed by atoms with Crippen LogP contribution in [0.15, 0.2) is 6.33 Å². The van der Waals surface area contributed by atoms with Crippen LogP contribution in [-0.4, -0.2) is 44.7 Å². The Morgan fingerprint density at radius 3 is 2.94 bits per heavy atom. The van der Waals surface area contributed by atoms with Gasteiger partial charge in [0.15, 0.2) is 11.4 Å². The summed E-state index contributed by atoms with van der Waals surface area (Å²) in [6, 6.07) is -0.110. The third-order valence-electron chi connectivity index (χ3n) is 3.28. The Morgan fingerprint density at radius 2 is 2.28 bits per heavy atom. The van der Waals surface area contributed by atoms with E-state index in [1.165, 1.54) is 6.33 Å². The molecule has 2 rings (SSSR count). The number of aliphatic hydroxyl groups is 1. The number of aromatic amines is 1. The Hall–Kier alpha value is -1.89. The van der Waals surface area contributed by atoms with Crippen LogP contribution in [0.5, 0.6) is 0 Å². The van der Waals surface area contributed by atoms with E-state index in [-0.39, 0.29) is 30.0 Å². The van der Waals surface area contributed by atoms with Crippen LogP contribution >= 0.6 is 0 Å². The van der Waals surface area contributed by atoms with E-state index < -0.39 is 11.9 Å². The molecule has 4 N–H and O–H groups in total. The molecule has 7 nitrogen and oxygen atoms in total. The molecule has 7 heteroatoms. The molecular weight excluding hydrogens is 238 g/mol. The Balaban J connectivity index is 2.07. The molecule has 1 heterocycles. The van der Waals surface area contributed by atoms with E-state index in [0.29, 0.717) is 0 Å². The molecule has 0 radical (unpaired) electrons. The second-order valence-corrected chi connectivity index (χ2v) is 4.38. The number of hydrogen-bond acceptors (Lipinski definition) is 4. The van der Waals surface area contributed by atoms with Crippen LogP contribution in [0.2, 0.25) is 0 Å². The third-order valence-corrected chi connectivity index (χ3v) is 3.28. The molecule has 1 aromatic heterocycles. The van der Waals surface area contributed by atoms with E-state index in [1.807, 2.05) is 0 Å². The van der Waals surface area contributed by atoms with Gasteiger partial charge < -0.3 is 20.5 Å². The highest BCUT2D eigenvalue weighted by Crippen LogP contribution is 2.25. The average molecular weight is 253 g/mol. The first-order valence-electron chi connectivity index (χ1n) is 5.82. The summed E-state index contributed by atoms with van der Waals surface area (Å²) in [6.07, 6.45) is 3.79. The van der Waals surface area contributed by atoms with E-state index in [9.17, 15) is 9.59 Å². The van der Waals surface area contributed by atoms with E-state index in [2.05, 4.69) is 15.3 Å². The summed E-state index contributed by atoms with van der Waals surface area (Å²) in [4.78, 5) is 28.9. The molecular formula is C11H15N3O4. The maximum atomic E-state index is 11.9. The summed E-state index contributed by atoms with van der Waals surface area (Å²) in [7, 11) is 0. The lowest BCUT2D eigenvalue weighted by Gasteiger charge is -2.18. The monoisotopic (exact) mass is 253 g/mol. The minimum Gasteiger partial charge on any atom is -0.477 e. The molecule has 1 fully saturated rings. The fourth-order valence-electron chi connectivity index (χ4n) is 2.31. The van der Waals surface area contributed by atoms with Gasteiger partial charge in [-0.15, -0.1) is 0 Å². The zero-order valence-electron chi connectivity index (χ0n) is 9.72. The van der Waals surface area contributed by atoms with Crippen molar-refractivity contribution in [2.45, 2.75) is 25.3 Å². The molecule has 2 atom stereocenters. The number of nitrogens with one attached hydrogen (secondary N) is 2. The Morgan fingerprint density at radius 1 is 1.50 bits per heavy atom. The standard InChI is InChI=1S/C11H15N3O4/c15-4-6-2-1-3-7(6)14-10(16)8-9(11(17)18)13-5-12-8/h5-7,15H,1-4H2,(H,12,13)(H,14,16)(H,17,18). The number of carbonyl (C=O) groups excluding carboxylic acids is 1. The minimum absolute atomic E-state index is 0.0251. The van der Waals surface area contributed by atoms with E-state index in [0.717, 1.165) is 19.3 Å². The number of aliphatic hydroxyl groups excluding tert-OH is 1. The van der Waals surface area contributed by atoms with Gasteiger partial charge in [0.05, 0.1) is 6.33 Å². The van der Waals surface area contributed by atoms with Crippen molar-refractivity contribution in [1.29, 1.82) is 0 Å². The summed E-state index contributed by atoms with van der Waals surface area (Å²) in [5.74, 6) is -1.69. The van der Waals surface area contributed by atoms with Gasteiger partial charge >= 0.3 is 5.97 Å². The van der Waals surface area contributed by atoms with Gasteiger partial charge in [0, 0.05) is 18.6 Å². The molecule has 0 aliphatic heterocycles. The number of rotatable bonds is 4. The Kier molecular flexibility index (Phi) is 3.61. The number of amides is 1. The van der Waals surface area contributed by atoms with Gasteiger partial charge in [0.25, 0.3) is 5.91 Å². The first-order valence-corrected chi connectivity index (χ1v) is 5.82. The molecule has 0 saturated heterocycles. The van der Waals surface area contributed by atoms with Crippen LogP contribution < -0.4 is 5.32 Å². The van der Waals surface area contributed by atoms with Crippen LogP contribution in [-0.2, 0) is 0 Å². The first-order chi connectivity index (χ1) is 8.63. The van der Waals surface area contributed by atoms with Gasteiger partial charge in [-0.1, -0.05) is 6.42 Å². The van der Waals surface area contributed by atoms with Crippen LogP contribution in [0.1, 0.15) is 40.2 Å². The van der Waals surface area contributed by atoms with Crippen molar-refractivity contribution in [3.05, 3.63) is 17.7 Å². The number of imidazole rings is 1. The number of H-pyrrole nitrogens is 1. The van der Waals surface area contributed by atoms with Crippen molar-refractivity contribution in [3.8, 4) is 0 Å². The van der Waals surface area contributed by atoms with E-state index in [4.69, 9.17) is 10.2 Å². The average Bonchev–Trinajstić information content (AvgIpc) is 2.96. The number of carbonyl (C=O) groups is 2. The molecule has 1 amide bonds. The molecule has 1 aliphatic rings. The van der Waals surface area contributed by atoms with Crippen LogP contribution in [0.25, 0.3) is 0 Å². The number of nitrogens with zero attached hydrogens (tertiary/aromatic N) is 1. The lowest BCUT2D eigenvalue weighted by Crippen LogP contribution is -2.39. The highest BCUT2D eigenvalue weighted by atomic mass is 16.4. The molecule has 1 saturated carbocycles. The maximum absolute atomic E-state index is 11.9. The molecule has 18 heavy (non-hydrogen) atoms. The smallest absolute Gasteiger partial charge is 0.354 e. The number of aromatic carboxylic acids is 1. The molecule has 0 aromatic carbocycles. The predicted molar refractivity (Wildman–Crippen MR) is 61.2 cm³/mol. The normalized spacial score (nSPS) is 22.9. The first kappa shape index (κ1) is 12.6. The van der Waals surface area contributed by atoms with Gasteiger partial charge in [-0.3, -0.25) is 4.79 Å². The Labute approximate surface area is 103 Å². The highest BCUT2D eigenvalue weighted by molar-refractivity contribution is 6.02. The zero-order valence-corrected chi connectivity index (χ0v) is 9.72. The summed E-state index contributed by atoms with van der Waals surface area (Å²) >= 11 is 0. The molecule has 0 spiro atoms. The lowest BCUT2D eigenvalue weighted by atomic mass is 10.0. The maximum Gasteiger partial charge on any atom is 0.354 e. The quantitative estimate of drug-likeness (QED) is 0.602. The summed E-state index contributed by atoms with van der Waals surface area (Å²) < 4.78 is 0. The predicted octanol–water partition coefficient (Wildman–Crippen LogP) is -0.00130. The van der Waals surface area contributed by atoms with Crippen molar-refractivity contribution in [2.24, 2.45) is 5.92 Å². The fraction of sp³-hybridized carbons (Fsp3) is 0.545. The minimum atomic E-state index is -1.22. The van der Waals surface area contributed by atoms with Gasteiger partial charge in [0.2, 0.25) is 0 Å². The summed E-state index contributed by atoms with van der Waals surface area (Å²) in [5.41, 5.74) is -0.336. The number of aromatic nitrogens is 2. The fourth-order valence-corrected chi connectivity index (χ4v) is 2.31. The van der Waals surface area contributed by atoms with Gasteiger partial charge in [-0.05, 0) is 12.8 Å². The summed E-state index contributed by atoms with van der Waals surface area (Å²) in [6.45, 7) is 0.0251. The molecule has 98 valence electrons. The number of carboxylic acids is 1. The summed E-state index contributed by atoms with van der Waals surface area (Å²) in [5, 5.41) is 20.8. The lowest BCUT2D eigenvalue weighted by molar-refractivity contribution is 0.0683. The van der Waals surface area contributed by atoms with Crippen molar-refractivity contribution in [2.75, 3.05) is 6.61 Å². The number of hydrogen-bond donors (Lipinski definition) is 4. The topological polar surface area (TPSA) is 115 Å². The highest BCUT2D eigenvalue weighted by Gasteiger charge is 2.30. The van der Waals surface area contributed by atoms with Crippen LogP contribution in [0, 0.1) is 5.92 Å². The van der Waals surface area contributed by atoms with Gasteiger partial charge in [-0.2, -0.15) is 0 Å². The third kappa shape index (κ3) is 2.35. The van der Waals surface area contributed by atoms with Crippen molar-refractivity contribution < 1.29 is 19.8 Å². The second kappa shape index (κ2) is 5.18. The zero-order chi connectivity index (χ0) is 13.1. The van der Waals surface area contributed by atoms with Gasteiger partial charge in [0.1, 0.15) is 0 Å². The molecule has 1 aliphatic carbocycles. The second-order valence-electron chi connectivity index (χ2n) is 4.38. The molecule has 2 unspecified atom stereocenters. The van der Waals surface area contributed by atoms with Crippen molar-refractivity contribution >= 4 is 11.9 Å². The SMILES string of the molecule is O=C(NC1CCCC1CO)c1nc[nH]c1C(=O)O. The van der Waals surface area contributed by atoms with Crippen molar-refractivity contribution in [1.82, 2.24) is 15.3 Å². The van der Waals surface area contributed by atoms with E-state index >= 15 is 0 Å². The molecule has 0 bridgehead atoms. The van der Waals surface area contributed by atoms with Gasteiger partial charge in [-0.25, -0.2) is 9.78 Å². The van der Waals surface area contributed by atoms with Crippen LogP contribution in [0.3, 0.4) is 0 Å². The largest absolute Gasteiger partial charge is 0.477 e. The van der Waals surface area contributed by atoms with E-state index in [1.54, 1.807) is 0 Å². The van der Waals surface area contributed by atoms with Crippen LogP contribution in [0.4, 0.5) is 0 Å². The van der Waals surface area contributed by atoms with Crippen molar-refractivity contribution in [3.63, 3.8) is 0 Å². The Bertz CT molecular complexity index is 457. The molecule has 1 aromatic rings. The number of carboxylic acid groups (broad SMARTS) is 1.